The minimum absolute atomic E-state index is 0.0133. The smallest absolute Gasteiger partial charge is 0.271 e. The van der Waals surface area contributed by atoms with Gasteiger partial charge >= 0.3 is 0 Å². The Hall–Kier alpha value is -1.49. The fourth-order valence-corrected chi connectivity index (χ4v) is 1.42. The van der Waals surface area contributed by atoms with Crippen LogP contribution in [0.4, 0.5) is 0 Å². The van der Waals surface area contributed by atoms with E-state index < -0.39 is 0 Å². The van der Waals surface area contributed by atoms with Crippen molar-refractivity contribution in [1.82, 2.24) is 15.3 Å². The summed E-state index contributed by atoms with van der Waals surface area (Å²) in [5, 5.41) is 2.74. The maximum absolute atomic E-state index is 11.6. The molecule has 16 heavy (non-hydrogen) atoms. The van der Waals surface area contributed by atoms with Crippen LogP contribution >= 0.6 is 0 Å². The zero-order valence-corrected chi connectivity index (χ0v) is 9.68. The van der Waals surface area contributed by atoms with Crippen LogP contribution in [0.25, 0.3) is 0 Å². The molecule has 0 fully saturated rings. The molecule has 0 bridgehead atoms. The Morgan fingerprint density at radius 1 is 1.50 bits per heavy atom. The van der Waals surface area contributed by atoms with Gasteiger partial charge in [0.2, 0.25) is 0 Å². The molecular weight excluding hydrogens is 204 g/mol. The van der Waals surface area contributed by atoms with Crippen molar-refractivity contribution in [3.05, 3.63) is 24.3 Å². The number of hydrogen-bond donors (Lipinski definition) is 2. The number of amides is 1. The highest BCUT2D eigenvalue weighted by molar-refractivity contribution is 5.91. The first-order chi connectivity index (χ1) is 7.59. The average molecular weight is 222 g/mol. The minimum Gasteiger partial charge on any atom is -0.349 e. The Kier molecular flexibility index (Phi) is 4.85. The lowest BCUT2D eigenvalue weighted by Crippen LogP contribution is -2.38. The van der Waals surface area contributed by atoms with Gasteiger partial charge in [0, 0.05) is 25.0 Å². The third-order valence-corrected chi connectivity index (χ3v) is 2.09. The Labute approximate surface area is 95.5 Å². The van der Waals surface area contributed by atoms with Crippen LogP contribution in [0.15, 0.2) is 18.6 Å². The van der Waals surface area contributed by atoms with E-state index >= 15 is 0 Å². The number of hydrogen-bond acceptors (Lipinski definition) is 4. The molecule has 0 saturated carbocycles. The van der Waals surface area contributed by atoms with Gasteiger partial charge in [-0.15, -0.1) is 0 Å². The zero-order valence-electron chi connectivity index (χ0n) is 9.68. The number of nitrogens with one attached hydrogen (secondary N) is 1. The highest BCUT2D eigenvalue weighted by Gasteiger charge is 2.10. The lowest BCUT2D eigenvalue weighted by Gasteiger charge is -2.14. The molecular formula is C11H18N4O. The van der Waals surface area contributed by atoms with Crippen molar-refractivity contribution in [2.45, 2.75) is 26.3 Å². The lowest BCUT2D eigenvalue weighted by atomic mass is 10.0. The van der Waals surface area contributed by atoms with E-state index in [1.165, 1.54) is 18.6 Å². The van der Waals surface area contributed by atoms with Crippen molar-refractivity contribution in [2.75, 3.05) is 6.54 Å². The third kappa shape index (κ3) is 4.35. The van der Waals surface area contributed by atoms with Crippen molar-refractivity contribution in [3.63, 3.8) is 0 Å². The van der Waals surface area contributed by atoms with Crippen LogP contribution in [0.1, 0.15) is 30.8 Å². The average Bonchev–Trinajstić information content (AvgIpc) is 2.26. The van der Waals surface area contributed by atoms with E-state index in [0.717, 1.165) is 6.42 Å². The van der Waals surface area contributed by atoms with Crippen LogP contribution in [0, 0.1) is 5.92 Å². The standard InChI is InChI=1S/C11H18N4O/c1-8(2)5-9(12)6-15-11(16)10-7-13-3-4-14-10/h3-4,7-9H,5-6,12H2,1-2H3,(H,15,16)/t9-/m0/s1. The molecule has 0 saturated heterocycles. The first-order valence-corrected chi connectivity index (χ1v) is 5.39. The molecule has 1 aromatic rings. The van der Waals surface area contributed by atoms with E-state index in [4.69, 9.17) is 5.73 Å². The van der Waals surface area contributed by atoms with Crippen molar-refractivity contribution >= 4 is 5.91 Å². The molecule has 1 rings (SSSR count). The van der Waals surface area contributed by atoms with Crippen molar-refractivity contribution in [1.29, 1.82) is 0 Å². The predicted molar refractivity (Wildman–Crippen MR) is 61.8 cm³/mol. The van der Waals surface area contributed by atoms with E-state index in [0.29, 0.717) is 18.2 Å². The SMILES string of the molecule is CC(C)C[C@H](N)CNC(=O)c1cnccn1. The fraction of sp³-hybridized carbons (Fsp3) is 0.545. The second-order valence-electron chi connectivity index (χ2n) is 4.19. The monoisotopic (exact) mass is 222 g/mol. The summed E-state index contributed by atoms with van der Waals surface area (Å²) in [6.07, 6.45) is 5.34. The second-order valence-corrected chi connectivity index (χ2v) is 4.19. The molecule has 1 amide bonds. The van der Waals surface area contributed by atoms with Crippen LogP contribution in [0.2, 0.25) is 0 Å². The first kappa shape index (κ1) is 12.6. The summed E-state index contributed by atoms with van der Waals surface area (Å²) in [5.41, 5.74) is 6.17. The molecule has 5 nitrogen and oxygen atoms in total. The van der Waals surface area contributed by atoms with Gasteiger partial charge in [-0.25, -0.2) is 4.98 Å². The molecule has 0 spiro atoms. The van der Waals surface area contributed by atoms with Gasteiger partial charge in [0.1, 0.15) is 5.69 Å². The largest absolute Gasteiger partial charge is 0.349 e. The van der Waals surface area contributed by atoms with Crippen LogP contribution in [-0.2, 0) is 0 Å². The number of aromatic nitrogens is 2. The van der Waals surface area contributed by atoms with Crippen LogP contribution in [0.3, 0.4) is 0 Å². The van der Waals surface area contributed by atoms with Crippen LogP contribution in [0.5, 0.6) is 0 Å². The molecule has 0 aliphatic heterocycles. The second kappa shape index (κ2) is 6.17. The van der Waals surface area contributed by atoms with Gasteiger partial charge < -0.3 is 11.1 Å². The Morgan fingerprint density at radius 3 is 2.81 bits per heavy atom. The van der Waals surface area contributed by atoms with E-state index in [-0.39, 0.29) is 11.9 Å². The molecule has 88 valence electrons. The third-order valence-electron chi connectivity index (χ3n) is 2.09. The molecule has 1 heterocycles. The summed E-state index contributed by atoms with van der Waals surface area (Å²) >= 11 is 0. The van der Waals surface area contributed by atoms with E-state index in [9.17, 15) is 4.79 Å². The Morgan fingerprint density at radius 2 is 2.25 bits per heavy atom. The summed E-state index contributed by atoms with van der Waals surface area (Å²) in [6, 6.07) is -0.0133. The van der Waals surface area contributed by atoms with Gasteiger partial charge in [-0.05, 0) is 12.3 Å². The van der Waals surface area contributed by atoms with Gasteiger partial charge in [-0.1, -0.05) is 13.8 Å². The van der Waals surface area contributed by atoms with E-state index in [1.54, 1.807) is 0 Å². The first-order valence-electron chi connectivity index (χ1n) is 5.39. The van der Waals surface area contributed by atoms with Crippen molar-refractivity contribution in [3.8, 4) is 0 Å². The summed E-state index contributed by atoms with van der Waals surface area (Å²) in [4.78, 5) is 19.3. The number of nitrogens with two attached hydrogens (primary N) is 1. The topological polar surface area (TPSA) is 80.9 Å². The summed E-state index contributed by atoms with van der Waals surface area (Å²) in [7, 11) is 0. The Bertz CT molecular complexity index is 326. The summed E-state index contributed by atoms with van der Waals surface area (Å²) in [5.74, 6) is 0.302. The molecule has 0 radical (unpaired) electrons. The highest BCUT2D eigenvalue weighted by Crippen LogP contribution is 2.01. The zero-order chi connectivity index (χ0) is 12.0. The quantitative estimate of drug-likeness (QED) is 0.763. The fourth-order valence-electron chi connectivity index (χ4n) is 1.42. The molecule has 1 aromatic heterocycles. The van der Waals surface area contributed by atoms with Crippen LogP contribution < -0.4 is 11.1 Å². The lowest BCUT2D eigenvalue weighted by molar-refractivity contribution is 0.0944. The highest BCUT2D eigenvalue weighted by atomic mass is 16.1. The number of carbonyl (C=O) groups excluding carboxylic acids is 1. The maximum atomic E-state index is 11.6. The van der Waals surface area contributed by atoms with Gasteiger partial charge in [-0.2, -0.15) is 0 Å². The van der Waals surface area contributed by atoms with Crippen molar-refractivity contribution < 1.29 is 4.79 Å². The molecule has 0 aliphatic carbocycles. The molecule has 1 atom stereocenters. The van der Waals surface area contributed by atoms with E-state index in [1.807, 2.05) is 0 Å². The van der Waals surface area contributed by atoms with Crippen LogP contribution in [-0.4, -0.2) is 28.5 Å². The normalized spacial score (nSPS) is 12.5. The molecule has 0 aliphatic rings. The summed E-state index contributed by atoms with van der Waals surface area (Å²) < 4.78 is 0. The summed E-state index contributed by atoms with van der Waals surface area (Å²) in [6.45, 7) is 4.67. The number of nitrogens with zero attached hydrogens (tertiary/aromatic N) is 2. The van der Waals surface area contributed by atoms with Gasteiger partial charge in [0.05, 0.1) is 6.20 Å². The van der Waals surface area contributed by atoms with Crippen molar-refractivity contribution in [2.24, 2.45) is 11.7 Å². The molecule has 0 unspecified atom stereocenters. The van der Waals surface area contributed by atoms with Gasteiger partial charge in [-0.3, -0.25) is 9.78 Å². The maximum Gasteiger partial charge on any atom is 0.271 e. The molecule has 3 N–H and O–H groups in total. The Balaban J connectivity index is 2.36. The number of carbonyl (C=O) groups is 1. The number of rotatable bonds is 5. The molecule has 5 heteroatoms. The van der Waals surface area contributed by atoms with Gasteiger partial charge in [0.25, 0.3) is 5.91 Å². The predicted octanol–water partition coefficient (Wildman–Crippen LogP) is 0.580. The van der Waals surface area contributed by atoms with Gasteiger partial charge in [0.15, 0.2) is 0 Å². The molecule has 0 aromatic carbocycles. The van der Waals surface area contributed by atoms with E-state index in [2.05, 4.69) is 29.1 Å². The minimum atomic E-state index is -0.229.